The van der Waals surface area contributed by atoms with Crippen LogP contribution in [0.25, 0.3) is 0 Å². The second-order valence-corrected chi connectivity index (χ2v) is 4.24. The van der Waals surface area contributed by atoms with Gasteiger partial charge in [-0.05, 0) is 24.1 Å². The van der Waals surface area contributed by atoms with E-state index in [1.807, 2.05) is 4.68 Å². The Morgan fingerprint density at radius 3 is 2.89 bits per heavy atom. The van der Waals surface area contributed by atoms with Crippen molar-refractivity contribution in [3.8, 4) is 0 Å². The zero-order chi connectivity index (χ0) is 12.5. The maximum Gasteiger partial charge on any atom is 0.243 e. The highest BCUT2D eigenvalue weighted by Crippen LogP contribution is 2.28. The number of halogens is 1. The molecule has 2 aromatic rings. The highest BCUT2D eigenvalue weighted by Gasteiger charge is 2.24. The second kappa shape index (κ2) is 4.29. The van der Waals surface area contributed by atoms with Gasteiger partial charge in [-0.3, -0.25) is 0 Å². The van der Waals surface area contributed by atoms with E-state index >= 15 is 0 Å². The van der Waals surface area contributed by atoms with E-state index in [-0.39, 0.29) is 11.9 Å². The second-order valence-electron chi connectivity index (χ2n) is 4.24. The summed E-state index contributed by atoms with van der Waals surface area (Å²) in [6.07, 6.45) is 0.908. The summed E-state index contributed by atoms with van der Waals surface area (Å²) in [5, 5.41) is 10.5. The molecule has 0 aliphatic carbocycles. The average Bonchev–Trinajstić information content (AvgIpc) is 2.82. The van der Waals surface area contributed by atoms with E-state index in [0.29, 0.717) is 5.95 Å². The van der Waals surface area contributed by atoms with Crippen molar-refractivity contribution in [1.29, 1.82) is 0 Å². The van der Waals surface area contributed by atoms with Crippen LogP contribution in [0.5, 0.6) is 0 Å². The summed E-state index contributed by atoms with van der Waals surface area (Å²) in [6, 6.07) is 6.67. The van der Waals surface area contributed by atoms with Crippen LogP contribution in [0.2, 0.25) is 0 Å². The van der Waals surface area contributed by atoms with Crippen LogP contribution >= 0.6 is 0 Å². The number of benzene rings is 1. The Morgan fingerprint density at radius 2 is 2.17 bits per heavy atom. The lowest BCUT2D eigenvalue weighted by Gasteiger charge is -2.24. The van der Waals surface area contributed by atoms with Crippen LogP contribution in [0.3, 0.4) is 0 Å². The predicted octanol–water partition coefficient (Wildman–Crippen LogP) is 1.86. The number of nitrogens with one attached hydrogen (secondary N) is 2. The predicted molar refractivity (Wildman–Crippen MR) is 67.2 cm³/mol. The van der Waals surface area contributed by atoms with Gasteiger partial charge in [-0.15, -0.1) is 5.10 Å². The van der Waals surface area contributed by atoms with Gasteiger partial charge in [-0.1, -0.05) is 12.1 Å². The fourth-order valence-electron chi connectivity index (χ4n) is 2.20. The highest BCUT2D eigenvalue weighted by molar-refractivity contribution is 5.38. The van der Waals surface area contributed by atoms with Crippen molar-refractivity contribution in [3.63, 3.8) is 0 Å². The third-order valence-corrected chi connectivity index (χ3v) is 3.11. The number of anilines is 2. The summed E-state index contributed by atoms with van der Waals surface area (Å²) >= 11 is 0. The number of hydrogen-bond donors (Lipinski definition) is 2. The van der Waals surface area contributed by atoms with Crippen LogP contribution in [0.15, 0.2) is 24.3 Å². The van der Waals surface area contributed by atoms with Gasteiger partial charge in [-0.2, -0.15) is 4.98 Å². The van der Waals surface area contributed by atoms with E-state index in [1.165, 1.54) is 12.1 Å². The molecule has 1 atom stereocenters. The Hall–Kier alpha value is -2.11. The lowest BCUT2D eigenvalue weighted by Crippen LogP contribution is -2.24. The minimum absolute atomic E-state index is 0.108. The maximum absolute atomic E-state index is 13.0. The quantitative estimate of drug-likeness (QED) is 0.850. The fraction of sp³-hybridized carbons (Fsp3) is 0.333. The molecule has 0 amide bonds. The largest absolute Gasteiger partial charge is 0.356 e. The van der Waals surface area contributed by atoms with Crippen molar-refractivity contribution in [2.24, 2.45) is 0 Å². The smallest absolute Gasteiger partial charge is 0.243 e. The van der Waals surface area contributed by atoms with Crippen molar-refractivity contribution in [2.75, 3.05) is 24.2 Å². The first-order chi connectivity index (χ1) is 8.78. The zero-order valence-electron chi connectivity index (χ0n) is 10.0. The summed E-state index contributed by atoms with van der Waals surface area (Å²) < 4.78 is 14.8. The first kappa shape index (κ1) is 11.0. The molecule has 0 bridgehead atoms. The molecule has 1 aromatic carbocycles. The molecule has 0 spiro atoms. The Balaban J connectivity index is 2.00. The van der Waals surface area contributed by atoms with Gasteiger partial charge in [0.05, 0.1) is 6.04 Å². The Kier molecular flexibility index (Phi) is 2.62. The third kappa shape index (κ3) is 1.79. The SMILES string of the molecule is CNc1nc2n(n1)C(c1ccc(F)cc1)CCN2. The number of rotatable bonds is 2. The lowest BCUT2D eigenvalue weighted by molar-refractivity contribution is 0.480. The fourth-order valence-corrected chi connectivity index (χ4v) is 2.20. The van der Waals surface area contributed by atoms with E-state index in [0.717, 1.165) is 24.5 Å². The third-order valence-electron chi connectivity index (χ3n) is 3.11. The van der Waals surface area contributed by atoms with Gasteiger partial charge in [0, 0.05) is 13.6 Å². The Morgan fingerprint density at radius 1 is 1.39 bits per heavy atom. The van der Waals surface area contributed by atoms with Crippen molar-refractivity contribution < 1.29 is 4.39 Å². The summed E-state index contributed by atoms with van der Waals surface area (Å²) in [5.74, 6) is 1.12. The van der Waals surface area contributed by atoms with Gasteiger partial charge >= 0.3 is 0 Å². The molecule has 2 heterocycles. The molecule has 0 radical (unpaired) electrons. The minimum Gasteiger partial charge on any atom is -0.356 e. The summed E-state index contributed by atoms with van der Waals surface area (Å²) in [6.45, 7) is 0.837. The van der Waals surface area contributed by atoms with Gasteiger partial charge in [-0.25, -0.2) is 9.07 Å². The van der Waals surface area contributed by atoms with Crippen LogP contribution < -0.4 is 10.6 Å². The van der Waals surface area contributed by atoms with Crippen LogP contribution in [-0.2, 0) is 0 Å². The number of aromatic nitrogens is 3. The van der Waals surface area contributed by atoms with Gasteiger partial charge in [0.15, 0.2) is 0 Å². The van der Waals surface area contributed by atoms with Gasteiger partial charge < -0.3 is 10.6 Å². The van der Waals surface area contributed by atoms with E-state index < -0.39 is 0 Å². The molecular weight excluding hydrogens is 233 g/mol. The average molecular weight is 247 g/mol. The molecule has 6 heteroatoms. The van der Waals surface area contributed by atoms with Gasteiger partial charge in [0.25, 0.3) is 0 Å². The molecule has 18 heavy (non-hydrogen) atoms. The number of hydrogen-bond acceptors (Lipinski definition) is 4. The molecule has 0 fully saturated rings. The topological polar surface area (TPSA) is 54.8 Å². The molecule has 2 N–H and O–H groups in total. The summed E-state index contributed by atoms with van der Waals surface area (Å²) in [7, 11) is 1.79. The van der Waals surface area contributed by atoms with Crippen LogP contribution in [0, 0.1) is 5.82 Å². The summed E-state index contributed by atoms with van der Waals surface area (Å²) in [5.41, 5.74) is 1.05. The molecule has 0 saturated heterocycles. The van der Waals surface area contributed by atoms with Crippen molar-refractivity contribution >= 4 is 11.9 Å². The van der Waals surface area contributed by atoms with E-state index in [4.69, 9.17) is 0 Å². The summed E-state index contributed by atoms with van der Waals surface area (Å²) in [4.78, 5) is 4.32. The van der Waals surface area contributed by atoms with Crippen LogP contribution in [0.4, 0.5) is 16.3 Å². The molecule has 3 rings (SSSR count). The molecule has 0 saturated carbocycles. The zero-order valence-corrected chi connectivity index (χ0v) is 10.0. The lowest BCUT2D eigenvalue weighted by atomic mass is 10.0. The van der Waals surface area contributed by atoms with Crippen molar-refractivity contribution in [3.05, 3.63) is 35.6 Å². The van der Waals surface area contributed by atoms with E-state index in [9.17, 15) is 4.39 Å². The molecule has 1 aliphatic heterocycles. The van der Waals surface area contributed by atoms with Crippen LogP contribution in [-0.4, -0.2) is 28.4 Å². The minimum atomic E-state index is -0.220. The first-order valence-electron chi connectivity index (χ1n) is 5.91. The van der Waals surface area contributed by atoms with Gasteiger partial charge in [0.1, 0.15) is 5.82 Å². The standard InChI is InChI=1S/C12H14FN5/c1-14-11-16-12-15-7-6-10(18(12)17-11)8-2-4-9(13)5-3-8/h2-5,10H,6-7H2,1H3,(H2,14,15,16,17). The van der Waals surface area contributed by atoms with E-state index in [2.05, 4.69) is 20.7 Å². The first-order valence-corrected chi connectivity index (χ1v) is 5.91. The molecule has 94 valence electrons. The molecule has 5 nitrogen and oxygen atoms in total. The molecular formula is C12H14FN5. The molecule has 1 unspecified atom stereocenters. The van der Waals surface area contributed by atoms with Gasteiger partial charge in [0.2, 0.25) is 11.9 Å². The van der Waals surface area contributed by atoms with Crippen molar-refractivity contribution in [1.82, 2.24) is 14.8 Å². The number of fused-ring (bicyclic) bond motifs is 1. The highest BCUT2D eigenvalue weighted by atomic mass is 19.1. The Labute approximate surface area is 104 Å². The normalized spacial score (nSPS) is 18.0. The maximum atomic E-state index is 13.0. The van der Waals surface area contributed by atoms with E-state index in [1.54, 1.807) is 19.2 Å². The molecule has 1 aliphatic rings. The monoisotopic (exact) mass is 247 g/mol. The number of nitrogens with zero attached hydrogens (tertiary/aromatic N) is 3. The molecule has 1 aromatic heterocycles. The van der Waals surface area contributed by atoms with Crippen LogP contribution in [0.1, 0.15) is 18.0 Å². The van der Waals surface area contributed by atoms with Crippen molar-refractivity contribution in [2.45, 2.75) is 12.5 Å². The Bertz CT molecular complexity index is 548.